The lowest BCUT2D eigenvalue weighted by molar-refractivity contribution is -0.969. The zero-order valence-electron chi connectivity index (χ0n) is 17.8. The van der Waals surface area contributed by atoms with E-state index in [4.69, 9.17) is 4.74 Å². The predicted octanol–water partition coefficient (Wildman–Crippen LogP) is 1.22. The molecule has 0 fully saturated rings. The molecule has 2 rings (SSSR count). The normalized spacial score (nSPS) is 12.0. The van der Waals surface area contributed by atoms with Crippen LogP contribution in [0, 0.1) is 19.8 Å². The maximum Gasteiger partial charge on any atom is 0.310 e. The fourth-order valence-corrected chi connectivity index (χ4v) is 3.20. The van der Waals surface area contributed by atoms with E-state index in [2.05, 4.69) is 76.2 Å². The molecule has 0 radical (unpaired) electrons. The average Bonchev–Trinajstić information content (AvgIpc) is 2.62. The molecule has 154 valence electrons. The fourth-order valence-electron chi connectivity index (χ4n) is 3.20. The summed E-state index contributed by atoms with van der Waals surface area (Å²) in [6, 6.07) is 16.9. The lowest BCUT2D eigenvalue weighted by atomic mass is 10.1. The summed E-state index contributed by atoms with van der Waals surface area (Å²) in [5.41, 5.74) is 5.15. The van der Waals surface area contributed by atoms with Crippen molar-refractivity contribution < 1.29 is 26.8 Å². The third kappa shape index (κ3) is 7.65. The highest BCUT2D eigenvalue weighted by Gasteiger charge is 2.23. The van der Waals surface area contributed by atoms with E-state index < -0.39 is 0 Å². The highest BCUT2D eigenvalue weighted by molar-refractivity contribution is 5.69. The van der Waals surface area contributed by atoms with Crippen molar-refractivity contribution in [1.82, 2.24) is 0 Å². The van der Waals surface area contributed by atoms with Gasteiger partial charge < -0.3 is 17.1 Å². The smallest absolute Gasteiger partial charge is 0.310 e. The summed E-state index contributed by atoms with van der Waals surface area (Å²) in [4.78, 5) is 13.5. The molecule has 2 aromatic rings. The van der Waals surface area contributed by atoms with Gasteiger partial charge in [-0.3, -0.25) is 9.69 Å². The van der Waals surface area contributed by atoms with Crippen molar-refractivity contribution in [1.29, 1.82) is 0 Å². The summed E-state index contributed by atoms with van der Waals surface area (Å²) in [6.45, 7) is 12.2. The number of aryl methyl sites for hydroxylation is 2. The number of nitrogens with one attached hydrogen (secondary N) is 1. The van der Waals surface area contributed by atoms with Gasteiger partial charge in [0, 0.05) is 24.5 Å². The maximum absolute atomic E-state index is 12.3. The van der Waals surface area contributed by atoms with Gasteiger partial charge in [-0.15, -0.1) is 0 Å². The second-order valence-corrected chi connectivity index (χ2v) is 7.93. The van der Waals surface area contributed by atoms with Crippen LogP contribution in [0.15, 0.2) is 48.5 Å². The zero-order valence-corrected chi connectivity index (χ0v) is 18.6. The van der Waals surface area contributed by atoms with Crippen LogP contribution in [0.3, 0.4) is 0 Å². The Kier molecular flexibility index (Phi) is 10.3. The Hall–Kier alpha value is -1.84. The molecular weight excluding hydrogens is 370 g/mol. The summed E-state index contributed by atoms with van der Waals surface area (Å²) < 4.78 is 5.81. The van der Waals surface area contributed by atoms with Gasteiger partial charge in [0.1, 0.15) is 13.1 Å². The van der Waals surface area contributed by atoms with Crippen LogP contribution in [0.25, 0.3) is 0 Å². The molecule has 3 nitrogen and oxygen atoms in total. The van der Waals surface area contributed by atoms with E-state index in [0.717, 1.165) is 19.5 Å². The van der Waals surface area contributed by atoms with E-state index in [1.54, 1.807) is 0 Å². The number of rotatable bonds is 9. The Balaban J connectivity index is 0.00000392. The molecule has 28 heavy (non-hydrogen) atoms. The first-order valence-corrected chi connectivity index (χ1v) is 10.00. The van der Waals surface area contributed by atoms with Gasteiger partial charge in [-0.05, 0) is 37.3 Å². The molecule has 0 bridgehead atoms. The predicted molar refractivity (Wildman–Crippen MR) is 110 cm³/mol. The number of hydrogen-bond donors (Lipinski definition) is 1. The first-order chi connectivity index (χ1) is 12.9. The molecule has 0 aromatic heterocycles. The van der Waals surface area contributed by atoms with E-state index in [-0.39, 0.29) is 24.6 Å². The van der Waals surface area contributed by atoms with Gasteiger partial charge in [0.25, 0.3) is 0 Å². The first-order valence-electron chi connectivity index (χ1n) is 10.00. The Labute approximate surface area is 176 Å². The monoisotopic (exact) mass is 403 g/mol. The van der Waals surface area contributed by atoms with Crippen molar-refractivity contribution in [2.45, 2.75) is 66.8 Å². The minimum Gasteiger partial charge on any atom is -1.00 e. The van der Waals surface area contributed by atoms with E-state index >= 15 is 0 Å². The van der Waals surface area contributed by atoms with Crippen LogP contribution in [-0.2, 0) is 22.6 Å². The molecule has 1 unspecified atom stereocenters. The molecule has 1 atom stereocenters. The Morgan fingerprint density at radius 2 is 1.36 bits per heavy atom. The summed E-state index contributed by atoms with van der Waals surface area (Å²) in [5, 5.41) is 0. The average molecular weight is 404 g/mol. The topological polar surface area (TPSA) is 30.7 Å². The van der Waals surface area contributed by atoms with Gasteiger partial charge in [0.15, 0.2) is 0 Å². The van der Waals surface area contributed by atoms with Gasteiger partial charge >= 0.3 is 5.97 Å². The summed E-state index contributed by atoms with van der Waals surface area (Å²) in [5.74, 6) is 0.415. The minimum absolute atomic E-state index is 0. The van der Waals surface area contributed by atoms with Gasteiger partial charge in [-0.2, -0.15) is 0 Å². The molecule has 0 aliphatic heterocycles. The Morgan fingerprint density at radius 1 is 0.893 bits per heavy atom. The van der Waals surface area contributed by atoms with E-state index in [1.807, 2.05) is 6.92 Å². The van der Waals surface area contributed by atoms with Gasteiger partial charge in [-0.25, -0.2) is 0 Å². The van der Waals surface area contributed by atoms with Gasteiger partial charge in [0.2, 0.25) is 6.23 Å². The lowest BCUT2D eigenvalue weighted by Gasteiger charge is -2.27. The number of halogens is 1. The quantitative estimate of drug-likeness (QED) is 0.504. The van der Waals surface area contributed by atoms with Crippen molar-refractivity contribution in [2.24, 2.45) is 5.92 Å². The van der Waals surface area contributed by atoms with Crippen molar-refractivity contribution in [3.63, 3.8) is 0 Å². The van der Waals surface area contributed by atoms with E-state index in [9.17, 15) is 4.79 Å². The molecule has 0 saturated carbocycles. The molecule has 0 spiro atoms. The minimum atomic E-state index is -0.191. The van der Waals surface area contributed by atoms with Gasteiger partial charge in [0.05, 0.1) is 0 Å². The molecular formula is C24H34ClNO2. The zero-order chi connectivity index (χ0) is 19.8. The highest BCUT2D eigenvalue weighted by Crippen LogP contribution is 2.09. The molecule has 0 amide bonds. The molecule has 4 heteroatoms. The number of carbonyl (C=O) groups excluding carboxylic acids is 1. The van der Waals surface area contributed by atoms with Crippen LogP contribution in [0.5, 0.6) is 0 Å². The molecule has 0 aliphatic carbocycles. The number of hydrogen-bond acceptors (Lipinski definition) is 2. The largest absolute Gasteiger partial charge is 1.00 e. The van der Waals surface area contributed by atoms with Crippen molar-refractivity contribution in [3.8, 4) is 0 Å². The van der Waals surface area contributed by atoms with Crippen LogP contribution in [0.1, 0.15) is 55.9 Å². The van der Waals surface area contributed by atoms with Crippen LogP contribution < -0.4 is 17.3 Å². The van der Waals surface area contributed by atoms with Crippen LogP contribution in [-0.4, -0.2) is 12.2 Å². The van der Waals surface area contributed by atoms with Crippen molar-refractivity contribution in [3.05, 3.63) is 70.8 Å². The van der Waals surface area contributed by atoms with Crippen LogP contribution >= 0.6 is 0 Å². The second kappa shape index (κ2) is 11.9. The Morgan fingerprint density at radius 3 is 1.79 bits per heavy atom. The fraction of sp³-hybridized carbons (Fsp3) is 0.458. The van der Waals surface area contributed by atoms with E-state index in [0.29, 0.717) is 12.3 Å². The lowest BCUT2D eigenvalue weighted by Crippen LogP contribution is -3.13. The highest BCUT2D eigenvalue weighted by atomic mass is 35.5. The standard InChI is InChI=1S/C24H33NO2.ClH/c1-18(2)14-15-24(26)27-21(5)25(16-22-12-8-6-10-19(22)3)17-23-13-9-7-11-20(23)4;/h6-13,18,21H,14-17H2,1-5H3;1H. The summed E-state index contributed by atoms with van der Waals surface area (Å²) in [6.07, 6.45) is 1.17. The van der Waals surface area contributed by atoms with Crippen LogP contribution in [0.4, 0.5) is 0 Å². The first kappa shape index (κ1) is 24.2. The molecule has 0 aliphatic rings. The van der Waals surface area contributed by atoms with E-state index in [1.165, 1.54) is 27.2 Å². The van der Waals surface area contributed by atoms with Gasteiger partial charge in [-0.1, -0.05) is 62.4 Å². The van der Waals surface area contributed by atoms with Crippen molar-refractivity contribution in [2.75, 3.05) is 0 Å². The third-order valence-corrected chi connectivity index (χ3v) is 5.17. The maximum atomic E-state index is 12.3. The molecule has 0 saturated heterocycles. The SMILES string of the molecule is Cc1ccccc1C[NH+](Cc1ccccc1C)C(C)OC(=O)CCC(C)C.[Cl-]. The number of quaternary nitrogens is 1. The number of esters is 1. The second-order valence-electron chi connectivity index (χ2n) is 7.93. The molecule has 1 N–H and O–H groups in total. The number of benzene rings is 2. The number of ether oxygens (including phenoxy) is 1. The van der Waals surface area contributed by atoms with Crippen molar-refractivity contribution >= 4 is 5.97 Å². The Bertz CT molecular complexity index is 697. The number of carbonyl (C=O) groups is 1. The summed E-state index contributed by atoms with van der Waals surface area (Å²) in [7, 11) is 0. The summed E-state index contributed by atoms with van der Waals surface area (Å²) >= 11 is 0. The van der Waals surface area contributed by atoms with Crippen LogP contribution in [0.2, 0.25) is 0 Å². The third-order valence-electron chi connectivity index (χ3n) is 5.17. The molecule has 2 aromatic carbocycles. The molecule has 0 heterocycles.